The minimum atomic E-state index is -1.03. The molecule has 0 bridgehead atoms. The summed E-state index contributed by atoms with van der Waals surface area (Å²) >= 11 is 0. The first-order valence-electron chi connectivity index (χ1n) is 10.1. The van der Waals surface area contributed by atoms with Gasteiger partial charge in [0.15, 0.2) is 11.3 Å². The van der Waals surface area contributed by atoms with Gasteiger partial charge >= 0.3 is 0 Å². The zero-order valence-electron chi connectivity index (χ0n) is 16.9. The van der Waals surface area contributed by atoms with E-state index in [4.69, 9.17) is 4.84 Å². The summed E-state index contributed by atoms with van der Waals surface area (Å²) in [7, 11) is 0. The fourth-order valence-electron chi connectivity index (χ4n) is 4.27. The molecule has 0 spiro atoms. The van der Waals surface area contributed by atoms with Crippen molar-refractivity contribution in [1.29, 1.82) is 0 Å². The van der Waals surface area contributed by atoms with Gasteiger partial charge in [-0.25, -0.2) is 0 Å². The average Bonchev–Trinajstić information content (AvgIpc) is 3.09. The molecule has 0 N–H and O–H groups in total. The van der Waals surface area contributed by atoms with E-state index in [0.717, 1.165) is 16.7 Å². The second kappa shape index (κ2) is 7.67. The molecule has 0 fully saturated rings. The molecule has 156 valence electrons. The molecule has 4 aromatic carbocycles. The maximum Gasteiger partial charge on any atom is 0.288 e. The number of nitrogens with zero attached hydrogens (tertiary/aromatic N) is 2. The molecule has 1 aliphatic heterocycles. The van der Waals surface area contributed by atoms with E-state index >= 15 is 0 Å². The lowest BCUT2D eigenvalue weighted by molar-refractivity contribution is -0.384. The number of carbonyl (C=O) groups is 1. The second-order valence-corrected chi connectivity index (χ2v) is 7.43. The van der Waals surface area contributed by atoms with Gasteiger partial charge < -0.3 is 4.84 Å². The van der Waals surface area contributed by atoms with Gasteiger partial charge in [0.1, 0.15) is 0 Å². The smallest absolute Gasteiger partial charge is 0.288 e. The Kier molecular flexibility index (Phi) is 4.67. The van der Waals surface area contributed by atoms with Crippen molar-refractivity contribution < 1.29 is 14.6 Å². The zero-order chi connectivity index (χ0) is 22.1. The number of nitro groups is 1. The van der Waals surface area contributed by atoms with E-state index < -0.39 is 10.5 Å². The lowest BCUT2D eigenvalue weighted by atomic mass is 9.78. The molecule has 0 radical (unpaired) electrons. The summed E-state index contributed by atoms with van der Waals surface area (Å²) in [6.45, 7) is 0. The number of amides is 1. The van der Waals surface area contributed by atoms with Crippen LogP contribution in [-0.2, 0) is 5.54 Å². The molecule has 6 nitrogen and oxygen atoms in total. The van der Waals surface area contributed by atoms with Gasteiger partial charge in [0.25, 0.3) is 11.6 Å². The van der Waals surface area contributed by atoms with Gasteiger partial charge in [0.2, 0.25) is 0 Å². The third-order valence-corrected chi connectivity index (χ3v) is 5.66. The van der Waals surface area contributed by atoms with Crippen molar-refractivity contribution in [1.82, 2.24) is 5.06 Å². The highest BCUT2D eigenvalue weighted by atomic mass is 16.7. The van der Waals surface area contributed by atoms with Gasteiger partial charge in [-0.1, -0.05) is 78.9 Å². The number of hydrogen-bond donors (Lipinski definition) is 0. The molecule has 0 aromatic heterocycles. The van der Waals surface area contributed by atoms with Crippen molar-refractivity contribution in [3.05, 3.63) is 142 Å². The van der Waals surface area contributed by atoms with E-state index in [1.165, 1.54) is 29.3 Å². The molecule has 4 aromatic rings. The van der Waals surface area contributed by atoms with Crippen LogP contribution in [-0.4, -0.2) is 15.9 Å². The lowest BCUT2D eigenvalue weighted by Gasteiger charge is -2.38. The number of benzene rings is 4. The van der Waals surface area contributed by atoms with E-state index in [0.29, 0.717) is 11.3 Å². The molecule has 0 saturated carbocycles. The Bertz CT molecular complexity index is 1250. The Hall–Kier alpha value is -4.45. The van der Waals surface area contributed by atoms with Crippen molar-refractivity contribution in [2.24, 2.45) is 0 Å². The van der Waals surface area contributed by atoms with Crippen LogP contribution in [0.3, 0.4) is 0 Å². The molecule has 0 aliphatic carbocycles. The monoisotopic (exact) mass is 422 g/mol. The van der Waals surface area contributed by atoms with Gasteiger partial charge in [-0.15, -0.1) is 0 Å². The molecule has 0 saturated heterocycles. The van der Waals surface area contributed by atoms with E-state index in [1.807, 2.05) is 78.9 Å². The van der Waals surface area contributed by atoms with Gasteiger partial charge in [-0.3, -0.25) is 14.9 Å². The highest BCUT2D eigenvalue weighted by molar-refractivity contribution is 6.01. The number of non-ortho nitro benzene ring substituents is 1. The maximum atomic E-state index is 13.6. The maximum absolute atomic E-state index is 13.6. The Morgan fingerprint density at radius 2 is 1.25 bits per heavy atom. The van der Waals surface area contributed by atoms with E-state index in [-0.39, 0.29) is 11.6 Å². The number of hydroxylamine groups is 2. The number of hydrogen-bond acceptors (Lipinski definition) is 4. The lowest BCUT2D eigenvalue weighted by Crippen LogP contribution is -2.47. The molecule has 0 atom stereocenters. The van der Waals surface area contributed by atoms with Crippen molar-refractivity contribution in [2.75, 3.05) is 0 Å². The number of rotatable bonds is 5. The van der Waals surface area contributed by atoms with Gasteiger partial charge in [0, 0.05) is 23.3 Å². The first-order chi connectivity index (χ1) is 15.6. The standard InChI is InChI=1S/C26H18N2O4/c29-25-23-13-7-8-14-24(23)26(19-9-3-1-4-10-19,20-11-5-2-6-12-20)27(25)32-22-17-15-21(16-18-22)28(30)31/h1-18H. The number of fused-ring (bicyclic) bond motifs is 1. The Balaban J connectivity index is 1.74. The highest BCUT2D eigenvalue weighted by Gasteiger charge is 2.54. The minimum absolute atomic E-state index is 0.0502. The Labute approximate surface area is 184 Å². The van der Waals surface area contributed by atoms with Crippen LogP contribution in [0.5, 0.6) is 5.75 Å². The molecular formula is C26H18N2O4. The third-order valence-electron chi connectivity index (χ3n) is 5.66. The second-order valence-electron chi connectivity index (χ2n) is 7.43. The van der Waals surface area contributed by atoms with Crippen molar-refractivity contribution in [3.8, 4) is 5.75 Å². The van der Waals surface area contributed by atoms with E-state index in [9.17, 15) is 14.9 Å². The first-order valence-corrected chi connectivity index (χ1v) is 10.1. The van der Waals surface area contributed by atoms with Crippen LogP contribution in [0.1, 0.15) is 27.0 Å². The molecule has 6 heteroatoms. The first kappa shape index (κ1) is 19.5. The molecule has 1 amide bonds. The topological polar surface area (TPSA) is 72.7 Å². The van der Waals surface area contributed by atoms with Crippen molar-refractivity contribution >= 4 is 11.6 Å². The number of carbonyl (C=O) groups excluding carboxylic acids is 1. The average molecular weight is 422 g/mol. The zero-order valence-corrected chi connectivity index (χ0v) is 16.9. The molecule has 32 heavy (non-hydrogen) atoms. The van der Waals surface area contributed by atoms with Crippen LogP contribution in [0.2, 0.25) is 0 Å². The fourth-order valence-corrected chi connectivity index (χ4v) is 4.27. The summed E-state index contributed by atoms with van der Waals surface area (Å²) in [4.78, 5) is 30.4. The van der Waals surface area contributed by atoms with Gasteiger partial charge in [-0.2, -0.15) is 5.06 Å². The fraction of sp³-hybridized carbons (Fsp3) is 0.0385. The van der Waals surface area contributed by atoms with Crippen LogP contribution in [0.25, 0.3) is 0 Å². The van der Waals surface area contributed by atoms with Gasteiger partial charge in [0.05, 0.1) is 4.92 Å². The van der Waals surface area contributed by atoms with Crippen LogP contribution >= 0.6 is 0 Å². The summed E-state index contributed by atoms with van der Waals surface area (Å²) in [6.07, 6.45) is 0. The summed E-state index contributed by atoms with van der Waals surface area (Å²) in [6, 6.07) is 32.6. The summed E-state index contributed by atoms with van der Waals surface area (Å²) in [5.41, 5.74) is 2.01. The predicted octanol–water partition coefficient (Wildman–Crippen LogP) is 5.34. The third kappa shape index (κ3) is 2.93. The Morgan fingerprint density at radius 1 is 0.719 bits per heavy atom. The van der Waals surface area contributed by atoms with Crippen LogP contribution in [0.4, 0.5) is 5.69 Å². The summed E-state index contributed by atoms with van der Waals surface area (Å²) in [5, 5.41) is 12.4. The summed E-state index contributed by atoms with van der Waals surface area (Å²) < 4.78 is 0. The van der Waals surface area contributed by atoms with Crippen LogP contribution in [0.15, 0.2) is 109 Å². The normalized spacial score (nSPS) is 14.1. The minimum Gasteiger partial charge on any atom is -0.375 e. The van der Waals surface area contributed by atoms with Crippen LogP contribution < -0.4 is 4.84 Å². The SMILES string of the molecule is O=C1c2ccccc2C(c2ccccc2)(c2ccccc2)N1Oc1ccc([N+](=O)[O-])cc1. The quantitative estimate of drug-likeness (QED) is 0.322. The van der Waals surface area contributed by atoms with E-state index in [2.05, 4.69) is 0 Å². The highest BCUT2D eigenvalue weighted by Crippen LogP contribution is 2.49. The Morgan fingerprint density at radius 3 is 1.81 bits per heavy atom. The molecule has 5 rings (SSSR count). The van der Waals surface area contributed by atoms with E-state index in [1.54, 1.807) is 6.07 Å². The molecular weight excluding hydrogens is 404 g/mol. The predicted molar refractivity (Wildman–Crippen MR) is 119 cm³/mol. The summed E-state index contributed by atoms with van der Waals surface area (Å²) in [5.74, 6) is 0.0413. The van der Waals surface area contributed by atoms with Gasteiger partial charge in [-0.05, 0) is 29.3 Å². The van der Waals surface area contributed by atoms with Crippen molar-refractivity contribution in [2.45, 2.75) is 5.54 Å². The molecule has 0 unspecified atom stereocenters. The molecule has 1 aliphatic rings. The largest absolute Gasteiger partial charge is 0.375 e. The molecule has 1 heterocycles. The van der Waals surface area contributed by atoms with Crippen molar-refractivity contribution in [3.63, 3.8) is 0 Å². The van der Waals surface area contributed by atoms with Crippen LogP contribution in [0, 0.1) is 10.1 Å². The number of nitro benzene ring substituents is 1.